The maximum Gasteiger partial charge on any atom is 0.417 e. The minimum atomic E-state index is -4.51. The van der Waals surface area contributed by atoms with Gasteiger partial charge < -0.3 is 0 Å². The van der Waals surface area contributed by atoms with Gasteiger partial charge in [0.1, 0.15) is 0 Å². The van der Waals surface area contributed by atoms with Crippen molar-refractivity contribution < 1.29 is 13.2 Å². The molecule has 0 saturated heterocycles. The predicted octanol–water partition coefficient (Wildman–Crippen LogP) is 1.89. The highest BCUT2D eigenvalue weighted by atomic mass is 19.4. The monoisotopic (exact) mass is 216 g/mol. The smallest absolute Gasteiger partial charge is 0.288 e. The van der Waals surface area contributed by atoms with Crippen LogP contribution in [0.15, 0.2) is 23.0 Å². The number of nitrogens with one attached hydrogen (secondary N) is 1. The van der Waals surface area contributed by atoms with Crippen molar-refractivity contribution in [2.24, 2.45) is 7.05 Å². The van der Waals surface area contributed by atoms with Gasteiger partial charge in [-0.25, -0.2) is 0 Å². The van der Waals surface area contributed by atoms with Crippen LogP contribution < -0.4 is 5.56 Å². The number of aromatic amines is 1. The van der Waals surface area contributed by atoms with Crippen LogP contribution in [0.2, 0.25) is 0 Å². The zero-order valence-electron chi connectivity index (χ0n) is 7.72. The molecule has 1 heterocycles. The molecule has 0 fully saturated rings. The van der Waals surface area contributed by atoms with Crippen LogP contribution >= 0.6 is 0 Å². The Morgan fingerprint density at radius 3 is 2.60 bits per heavy atom. The summed E-state index contributed by atoms with van der Waals surface area (Å²) in [7, 11) is 1.49. The van der Waals surface area contributed by atoms with Crippen LogP contribution in [-0.2, 0) is 13.2 Å². The van der Waals surface area contributed by atoms with E-state index in [1.807, 2.05) is 0 Å². The molecule has 2 rings (SSSR count). The van der Waals surface area contributed by atoms with E-state index in [4.69, 9.17) is 0 Å². The molecule has 0 aliphatic heterocycles. The number of benzene rings is 1. The molecule has 80 valence electrons. The van der Waals surface area contributed by atoms with Gasteiger partial charge in [0.05, 0.1) is 16.5 Å². The third-order valence-corrected chi connectivity index (χ3v) is 2.21. The van der Waals surface area contributed by atoms with Crippen molar-refractivity contribution in [3.05, 3.63) is 34.1 Å². The van der Waals surface area contributed by atoms with Crippen LogP contribution in [0.4, 0.5) is 13.2 Å². The molecule has 1 aromatic heterocycles. The second-order valence-electron chi connectivity index (χ2n) is 3.20. The van der Waals surface area contributed by atoms with Gasteiger partial charge in [-0.05, 0) is 12.1 Å². The Bertz CT molecular complexity index is 565. The Kier molecular flexibility index (Phi) is 1.89. The Balaban J connectivity index is 2.94. The average Bonchev–Trinajstić information content (AvgIpc) is 2.41. The highest BCUT2D eigenvalue weighted by Crippen LogP contribution is 2.32. The van der Waals surface area contributed by atoms with E-state index in [1.165, 1.54) is 23.9 Å². The second kappa shape index (κ2) is 2.88. The number of hydrogen-bond acceptors (Lipinski definition) is 1. The molecule has 0 aliphatic carbocycles. The zero-order valence-corrected chi connectivity index (χ0v) is 7.72. The molecule has 0 atom stereocenters. The lowest BCUT2D eigenvalue weighted by atomic mass is 10.1. The Morgan fingerprint density at radius 1 is 1.33 bits per heavy atom. The second-order valence-corrected chi connectivity index (χ2v) is 3.20. The number of nitrogens with zero attached hydrogens (tertiary/aromatic N) is 1. The van der Waals surface area contributed by atoms with Gasteiger partial charge in [0, 0.05) is 7.05 Å². The molecule has 0 aliphatic rings. The number of alkyl halides is 3. The highest BCUT2D eigenvalue weighted by Gasteiger charge is 2.34. The SMILES string of the molecule is Cn1[nH]c(=O)c2c(C(F)(F)F)cccc21. The summed E-state index contributed by atoms with van der Waals surface area (Å²) in [6, 6.07) is 3.64. The van der Waals surface area contributed by atoms with Crippen molar-refractivity contribution in [2.75, 3.05) is 0 Å². The molecule has 3 nitrogen and oxygen atoms in total. The molecule has 0 radical (unpaired) electrons. The van der Waals surface area contributed by atoms with Crippen LogP contribution in [0.5, 0.6) is 0 Å². The fraction of sp³-hybridized carbons (Fsp3) is 0.222. The molecule has 2 aromatic rings. The summed E-state index contributed by atoms with van der Waals surface area (Å²) in [6.07, 6.45) is -4.51. The Labute approximate surface area is 82.1 Å². The molecule has 0 unspecified atom stereocenters. The molecule has 1 N–H and O–H groups in total. The summed E-state index contributed by atoms with van der Waals surface area (Å²) >= 11 is 0. The molecule has 0 saturated carbocycles. The van der Waals surface area contributed by atoms with E-state index in [-0.39, 0.29) is 10.9 Å². The quantitative estimate of drug-likeness (QED) is 0.717. The van der Waals surface area contributed by atoms with Crippen LogP contribution in [0.3, 0.4) is 0 Å². The fourth-order valence-electron chi connectivity index (χ4n) is 1.56. The van der Waals surface area contributed by atoms with Crippen molar-refractivity contribution in [1.82, 2.24) is 9.78 Å². The number of hydrogen-bond donors (Lipinski definition) is 1. The van der Waals surface area contributed by atoms with Crippen molar-refractivity contribution in [1.29, 1.82) is 0 Å². The first kappa shape index (κ1) is 9.82. The normalized spacial score (nSPS) is 12.3. The number of H-pyrrole nitrogens is 1. The first-order valence-electron chi connectivity index (χ1n) is 4.16. The number of aryl methyl sites for hydroxylation is 1. The largest absolute Gasteiger partial charge is 0.417 e. The summed E-state index contributed by atoms with van der Waals surface area (Å²) in [4.78, 5) is 11.3. The van der Waals surface area contributed by atoms with Crippen molar-refractivity contribution in [2.45, 2.75) is 6.18 Å². The number of rotatable bonds is 0. The van der Waals surface area contributed by atoms with E-state index >= 15 is 0 Å². The number of aromatic nitrogens is 2. The standard InChI is InChI=1S/C9H7F3N2O/c1-14-6-4-2-3-5(9(10,11)12)7(6)8(15)13-14/h2-4H,1H3,(H,13,15). The van der Waals surface area contributed by atoms with Gasteiger partial charge in [0.25, 0.3) is 5.56 Å². The van der Waals surface area contributed by atoms with Gasteiger partial charge in [0.2, 0.25) is 0 Å². The topological polar surface area (TPSA) is 37.8 Å². The molecule has 6 heteroatoms. The van der Waals surface area contributed by atoms with Crippen LogP contribution in [0.1, 0.15) is 5.56 Å². The van der Waals surface area contributed by atoms with Gasteiger partial charge in [-0.3, -0.25) is 14.6 Å². The molecule has 0 bridgehead atoms. The van der Waals surface area contributed by atoms with Crippen molar-refractivity contribution in [3.63, 3.8) is 0 Å². The van der Waals surface area contributed by atoms with Crippen LogP contribution in [0.25, 0.3) is 10.9 Å². The molecule has 15 heavy (non-hydrogen) atoms. The third-order valence-electron chi connectivity index (χ3n) is 2.21. The summed E-state index contributed by atoms with van der Waals surface area (Å²) in [5.41, 5.74) is -1.38. The molecular formula is C9H7F3N2O. The molecule has 0 amide bonds. The zero-order chi connectivity index (χ0) is 11.2. The average molecular weight is 216 g/mol. The minimum Gasteiger partial charge on any atom is -0.288 e. The van der Waals surface area contributed by atoms with Crippen molar-refractivity contribution >= 4 is 10.9 Å². The first-order chi connectivity index (χ1) is 6.91. The Morgan fingerprint density at radius 2 is 2.00 bits per heavy atom. The maximum atomic E-state index is 12.5. The van der Waals surface area contributed by atoms with E-state index in [2.05, 4.69) is 5.10 Å². The summed E-state index contributed by atoms with van der Waals surface area (Å²) in [6.45, 7) is 0. The number of fused-ring (bicyclic) bond motifs is 1. The fourth-order valence-corrected chi connectivity index (χ4v) is 1.56. The Hall–Kier alpha value is -1.72. The van der Waals surface area contributed by atoms with Crippen LogP contribution in [-0.4, -0.2) is 9.78 Å². The molecule has 0 spiro atoms. The third kappa shape index (κ3) is 1.42. The lowest BCUT2D eigenvalue weighted by Gasteiger charge is -2.06. The first-order valence-corrected chi connectivity index (χ1v) is 4.16. The van der Waals surface area contributed by atoms with Gasteiger partial charge in [-0.2, -0.15) is 13.2 Å². The van der Waals surface area contributed by atoms with Gasteiger partial charge in [0.15, 0.2) is 0 Å². The lowest BCUT2D eigenvalue weighted by Crippen LogP contribution is -2.10. The van der Waals surface area contributed by atoms with E-state index in [0.717, 1.165) is 6.07 Å². The van der Waals surface area contributed by atoms with E-state index in [0.29, 0.717) is 0 Å². The highest BCUT2D eigenvalue weighted by molar-refractivity contribution is 5.82. The van der Waals surface area contributed by atoms with E-state index in [1.54, 1.807) is 0 Å². The van der Waals surface area contributed by atoms with E-state index < -0.39 is 17.3 Å². The maximum absolute atomic E-state index is 12.5. The van der Waals surface area contributed by atoms with Gasteiger partial charge in [-0.15, -0.1) is 0 Å². The van der Waals surface area contributed by atoms with Crippen LogP contribution in [0, 0.1) is 0 Å². The van der Waals surface area contributed by atoms with Gasteiger partial charge >= 0.3 is 6.18 Å². The van der Waals surface area contributed by atoms with E-state index in [9.17, 15) is 18.0 Å². The molecule has 1 aromatic carbocycles. The lowest BCUT2D eigenvalue weighted by molar-refractivity contribution is -0.136. The summed E-state index contributed by atoms with van der Waals surface area (Å²) in [5.74, 6) is 0. The van der Waals surface area contributed by atoms with Gasteiger partial charge in [-0.1, -0.05) is 6.07 Å². The summed E-state index contributed by atoms with van der Waals surface area (Å²) < 4.78 is 38.9. The van der Waals surface area contributed by atoms with Crippen molar-refractivity contribution in [3.8, 4) is 0 Å². The minimum absolute atomic E-state index is 0.245. The summed E-state index contributed by atoms with van der Waals surface area (Å²) in [5, 5.41) is 1.98. The molecular weight excluding hydrogens is 209 g/mol. The predicted molar refractivity (Wildman–Crippen MR) is 48.5 cm³/mol. The number of halogens is 3.